The van der Waals surface area contributed by atoms with Gasteiger partial charge in [-0.3, -0.25) is 18.9 Å². The molecule has 1 aliphatic rings. The van der Waals surface area contributed by atoms with E-state index in [1.54, 1.807) is 24.1 Å². The van der Waals surface area contributed by atoms with Gasteiger partial charge in [-0.25, -0.2) is 4.79 Å². The highest BCUT2D eigenvalue weighted by Crippen LogP contribution is 2.32. The number of anilines is 1. The van der Waals surface area contributed by atoms with E-state index in [4.69, 9.17) is 4.74 Å². The third kappa shape index (κ3) is 4.93. The van der Waals surface area contributed by atoms with Gasteiger partial charge in [0.1, 0.15) is 5.78 Å². The van der Waals surface area contributed by atoms with Crippen molar-refractivity contribution < 1.29 is 9.53 Å². The number of nitrogens with zero attached hydrogens (tertiary/aromatic N) is 3. The molecule has 0 amide bonds. The van der Waals surface area contributed by atoms with Gasteiger partial charge in [0.05, 0.1) is 17.6 Å². The van der Waals surface area contributed by atoms with Gasteiger partial charge in [-0.1, -0.05) is 0 Å². The van der Waals surface area contributed by atoms with Crippen LogP contribution < -0.4 is 11.0 Å². The van der Waals surface area contributed by atoms with Crippen molar-refractivity contribution in [3.8, 4) is 0 Å². The molecule has 0 spiro atoms. The predicted octanol–water partition coefficient (Wildman–Crippen LogP) is 3.41. The quantitative estimate of drug-likeness (QED) is 0.520. The van der Waals surface area contributed by atoms with Crippen LogP contribution in [0.4, 0.5) is 5.69 Å². The number of aryl methyl sites for hydroxylation is 1. The van der Waals surface area contributed by atoms with Crippen LogP contribution >= 0.6 is 0 Å². The first-order chi connectivity index (χ1) is 15.6. The minimum Gasteiger partial charge on any atom is -0.383 e. The highest BCUT2D eigenvalue weighted by Gasteiger charge is 2.27. The lowest BCUT2D eigenvalue weighted by atomic mass is 9.79. The van der Waals surface area contributed by atoms with Crippen molar-refractivity contribution >= 4 is 22.5 Å². The molecule has 1 aromatic carbocycles. The van der Waals surface area contributed by atoms with Crippen LogP contribution in [-0.4, -0.2) is 40.2 Å². The second kappa shape index (κ2) is 10.1. The minimum absolute atomic E-state index is 0.0185. The number of methoxy groups -OCH3 is 1. The fourth-order valence-corrected chi connectivity index (χ4v) is 4.77. The molecule has 0 radical (unpaired) electrons. The van der Waals surface area contributed by atoms with Crippen LogP contribution in [0.3, 0.4) is 0 Å². The molecule has 0 unspecified atom stereocenters. The molecule has 0 atom stereocenters. The molecule has 3 aromatic rings. The number of Topliss-reactive ketones (excluding diaryl/α,β-unsaturated/α-hetero) is 1. The molecule has 0 aliphatic heterocycles. The summed E-state index contributed by atoms with van der Waals surface area (Å²) in [7, 11) is 3.51. The lowest BCUT2D eigenvalue weighted by Gasteiger charge is -2.28. The van der Waals surface area contributed by atoms with Gasteiger partial charge in [0, 0.05) is 57.7 Å². The predicted molar refractivity (Wildman–Crippen MR) is 126 cm³/mol. The fourth-order valence-electron chi connectivity index (χ4n) is 4.77. The summed E-state index contributed by atoms with van der Waals surface area (Å²) in [6.45, 7) is 2.04. The van der Waals surface area contributed by atoms with Crippen LogP contribution in [0.1, 0.15) is 31.2 Å². The molecule has 32 heavy (non-hydrogen) atoms. The van der Waals surface area contributed by atoms with Gasteiger partial charge >= 0.3 is 5.69 Å². The van der Waals surface area contributed by atoms with Crippen molar-refractivity contribution in [2.75, 3.05) is 25.6 Å². The molecule has 4 rings (SSSR count). The number of nitrogens with one attached hydrogen (secondary N) is 1. The standard InChI is InChI=1S/C25H32N4O3/c1-28-22-8-7-21(27-13-14-32-2)16-23(22)29(25(28)31)17-19-3-5-20(6-4-19)24(30)15-18-9-11-26-12-10-18/h7-12,16,19-20,27H,3-6,13-15,17H2,1-2H3. The number of imidazole rings is 1. The topological polar surface area (TPSA) is 78.2 Å². The van der Waals surface area contributed by atoms with Crippen molar-refractivity contribution in [2.45, 2.75) is 38.6 Å². The van der Waals surface area contributed by atoms with Gasteiger partial charge in [-0.05, 0) is 67.5 Å². The number of pyridine rings is 1. The van der Waals surface area contributed by atoms with Crippen molar-refractivity contribution in [1.29, 1.82) is 0 Å². The number of carbonyl (C=O) groups excluding carboxylic acids is 1. The summed E-state index contributed by atoms with van der Waals surface area (Å²) in [5, 5.41) is 3.34. The molecule has 7 nitrogen and oxygen atoms in total. The maximum atomic E-state index is 12.9. The van der Waals surface area contributed by atoms with Gasteiger partial charge in [-0.15, -0.1) is 0 Å². The number of hydrogen-bond donors (Lipinski definition) is 1. The molecular weight excluding hydrogens is 404 g/mol. The normalized spacial score (nSPS) is 18.7. The fraction of sp³-hybridized carbons (Fsp3) is 0.480. The van der Waals surface area contributed by atoms with Gasteiger partial charge in [0.25, 0.3) is 0 Å². The Morgan fingerprint density at radius 3 is 2.59 bits per heavy atom. The van der Waals surface area contributed by atoms with Crippen LogP contribution in [0, 0.1) is 11.8 Å². The summed E-state index contributed by atoms with van der Waals surface area (Å²) >= 11 is 0. The maximum Gasteiger partial charge on any atom is 0.328 e. The first-order valence-electron chi connectivity index (χ1n) is 11.4. The zero-order valence-electron chi connectivity index (χ0n) is 18.9. The number of ketones is 1. The van der Waals surface area contributed by atoms with Crippen LogP contribution in [0.25, 0.3) is 11.0 Å². The number of rotatable bonds is 9. The molecule has 7 heteroatoms. The largest absolute Gasteiger partial charge is 0.383 e. The van der Waals surface area contributed by atoms with E-state index >= 15 is 0 Å². The maximum absolute atomic E-state index is 12.9. The Balaban J connectivity index is 1.41. The molecule has 170 valence electrons. The number of hydrogen-bond acceptors (Lipinski definition) is 5. The van der Waals surface area contributed by atoms with Crippen molar-refractivity contribution in [2.24, 2.45) is 18.9 Å². The Bertz CT molecular complexity index is 1110. The van der Waals surface area contributed by atoms with Crippen molar-refractivity contribution in [1.82, 2.24) is 14.1 Å². The number of benzene rings is 1. The third-order valence-corrected chi connectivity index (χ3v) is 6.65. The average molecular weight is 437 g/mol. The summed E-state index contributed by atoms with van der Waals surface area (Å²) < 4.78 is 8.73. The van der Waals surface area contributed by atoms with Crippen LogP contribution in [0.2, 0.25) is 0 Å². The highest BCUT2D eigenvalue weighted by atomic mass is 16.5. The molecule has 1 N–H and O–H groups in total. The average Bonchev–Trinajstić information content (AvgIpc) is 3.05. The van der Waals surface area contributed by atoms with E-state index in [-0.39, 0.29) is 11.6 Å². The summed E-state index contributed by atoms with van der Waals surface area (Å²) in [5.74, 6) is 0.859. The number of carbonyl (C=O) groups is 1. The van der Waals surface area contributed by atoms with E-state index in [9.17, 15) is 9.59 Å². The van der Waals surface area contributed by atoms with E-state index < -0.39 is 0 Å². The number of fused-ring (bicyclic) bond motifs is 1. The Hall–Kier alpha value is -2.93. The van der Waals surface area contributed by atoms with Crippen LogP contribution in [-0.2, 0) is 29.5 Å². The molecule has 1 saturated carbocycles. The summed E-state index contributed by atoms with van der Waals surface area (Å²) in [6, 6.07) is 9.87. The summed E-state index contributed by atoms with van der Waals surface area (Å²) in [5.41, 5.74) is 3.93. The monoisotopic (exact) mass is 436 g/mol. The first-order valence-corrected chi connectivity index (χ1v) is 11.4. The van der Waals surface area contributed by atoms with E-state index in [1.807, 2.05) is 35.9 Å². The zero-order valence-corrected chi connectivity index (χ0v) is 18.9. The molecular formula is C25H32N4O3. The lowest BCUT2D eigenvalue weighted by Crippen LogP contribution is -2.29. The zero-order chi connectivity index (χ0) is 22.5. The molecule has 0 bridgehead atoms. The van der Waals surface area contributed by atoms with E-state index in [2.05, 4.69) is 16.4 Å². The summed E-state index contributed by atoms with van der Waals surface area (Å²) in [4.78, 5) is 29.7. The van der Waals surface area contributed by atoms with Gasteiger partial charge in [-0.2, -0.15) is 0 Å². The first kappa shape index (κ1) is 22.3. The highest BCUT2D eigenvalue weighted by molar-refractivity contribution is 5.83. The third-order valence-electron chi connectivity index (χ3n) is 6.65. The molecule has 1 fully saturated rings. The Labute approximate surface area is 188 Å². The number of aromatic nitrogens is 3. The van der Waals surface area contributed by atoms with E-state index in [1.165, 1.54) is 0 Å². The van der Waals surface area contributed by atoms with Gasteiger partial charge in [0.2, 0.25) is 0 Å². The molecule has 2 aromatic heterocycles. The van der Waals surface area contributed by atoms with E-state index in [0.717, 1.165) is 54.5 Å². The Morgan fingerprint density at radius 1 is 1.12 bits per heavy atom. The van der Waals surface area contributed by atoms with Crippen molar-refractivity contribution in [3.63, 3.8) is 0 Å². The van der Waals surface area contributed by atoms with Gasteiger partial charge < -0.3 is 10.1 Å². The lowest BCUT2D eigenvalue weighted by molar-refractivity contribution is -0.123. The molecule has 0 saturated heterocycles. The van der Waals surface area contributed by atoms with Crippen molar-refractivity contribution in [3.05, 3.63) is 58.8 Å². The Kier molecular flexibility index (Phi) is 7.05. The van der Waals surface area contributed by atoms with Crippen LogP contribution in [0.5, 0.6) is 0 Å². The Morgan fingerprint density at radius 2 is 1.88 bits per heavy atom. The minimum atomic E-state index is 0.0185. The smallest absolute Gasteiger partial charge is 0.328 e. The second-order valence-corrected chi connectivity index (χ2v) is 8.79. The molecule has 2 heterocycles. The SMILES string of the molecule is COCCNc1ccc2c(c1)n(CC1CCC(C(=O)Cc3ccncc3)CC1)c(=O)n2C. The number of ether oxygens (including phenoxy) is 1. The van der Waals surface area contributed by atoms with Crippen LogP contribution in [0.15, 0.2) is 47.5 Å². The molecule has 1 aliphatic carbocycles. The summed E-state index contributed by atoms with van der Waals surface area (Å²) in [6.07, 6.45) is 7.71. The second-order valence-electron chi connectivity index (χ2n) is 8.79. The van der Waals surface area contributed by atoms with E-state index in [0.29, 0.717) is 31.3 Å². The van der Waals surface area contributed by atoms with Gasteiger partial charge in [0.15, 0.2) is 0 Å².